The van der Waals surface area contributed by atoms with Gasteiger partial charge in [0, 0.05) is 6.08 Å². The number of carbonyl (C=O) groups is 2. The second kappa shape index (κ2) is 10.1. The summed E-state index contributed by atoms with van der Waals surface area (Å²) in [6.45, 7) is 10.3. The number of ether oxygens (including phenoxy) is 2. The number of esters is 2. The zero-order valence-electron chi connectivity index (χ0n) is 17.6. The summed E-state index contributed by atoms with van der Waals surface area (Å²) in [5, 5.41) is 0. The standard InChI is InChI=1S/C23H32O4/c1-16(9-8-10-17(2)13-21(24)26-6)11-12-20-18(3)14-19(22(25)27-7)15-23(20,4)5/h8-13,19H,14-15H2,1-7H3. The second-order valence-electron chi connectivity index (χ2n) is 7.72. The van der Waals surface area contributed by atoms with E-state index in [4.69, 9.17) is 4.74 Å². The molecule has 4 heteroatoms. The van der Waals surface area contributed by atoms with Gasteiger partial charge in [-0.3, -0.25) is 4.79 Å². The average Bonchev–Trinajstić information content (AvgIpc) is 2.59. The lowest BCUT2D eigenvalue weighted by Gasteiger charge is -2.36. The van der Waals surface area contributed by atoms with E-state index in [-0.39, 0.29) is 23.3 Å². The molecule has 1 aliphatic carbocycles. The first kappa shape index (κ1) is 22.7. The van der Waals surface area contributed by atoms with Crippen molar-refractivity contribution in [2.45, 2.75) is 47.5 Å². The van der Waals surface area contributed by atoms with Gasteiger partial charge < -0.3 is 9.47 Å². The molecule has 0 aromatic heterocycles. The van der Waals surface area contributed by atoms with Gasteiger partial charge in [0.25, 0.3) is 0 Å². The van der Waals surface area contributed by atoms with E-state index in [1.54, 1.807) is 0 Å². The van der Waals surface area contributed by atoms with Crippen LogP contribution < -0.4 is 0 Å². The highest BCUT2D eigenvalue weighted by atomic mass is 16.5. The summed E-state index contributed by atoms with van der Waals surface area (Å²) in [5.41, 5.74) is 4.37. The van der Waals surface area contributed by atoms with Gasteiger partial charge in [0.05, 0.1) is 20.1 Å². The average molecular weight is 373 g/mol. The lowest BCUT2D eigenvalue weighted by atomic mass is 9.68. The number of methoxy groups -OCH3 is 2. The third-order valence-electron chi connectivity index (χ3n) is 4.81. The minimum atomic E-state index is -0.357. The summed E-state index contributed by atoms with van der Waals surface area (Å²) >= 11 is 0. The Balaban J connectivity index is 2.89. The summed E-state index contributed by atoms with van der Waals surface area (Å²) in [6, 6.07) is 0. The van der Waals surface area contributed by atoms with Crippen molar-refractivity contribution >= 4 is 11.9 Å². The number of rotatable bonds is 6. The molecule has 148 valence electrons. The summed E-state index contributed by atoms with van der Waals surface area (Å²) in [4.78, 5) is 23.1. The van der Waals surface area contributed by atoms with Crippen LogP contribution in [0.2, 0.25) is 0 Å². The highest BCUT2D eigenvalue weighted by Crippen LogP contribution is 2.44. The molecule has 0 N–H and O–H groups in total. The molecular formula is C23H32O4. The maximum Gasteiger partial charge on any atom is 0.330 e. The van der Waals surface area contributed by atoms with Crippen molar-refractivity contribution in [1.29, 1.82) is 0 Å². The van der Waals surface area contributed by atoms with Gasteiger partial charge in [0.2, 0.25) is 0 Å². The van der Waals surface area contributed by atoms with Crippen LogP contribution in [0.15, 0.2) is 58.7 Å². The van der Waals surface area contributed by atoms with Crippen LogP contribution in [-0.2, 0) is 19.1 Å². The molecule has 0 aromatic carbocycles. The van der Waals surface area contributed by atoms with Gasteiger partial charge in [-0.05, 0) is 50.2 Å². The minimum Gasteiger partial charge on any atom is -0.469 e. The molecule has 4 nitrogen and oxygen atoms in total. The predicted molar refractivity (Wildman–Crippen MR) is 109 cm³/mol. The van der Waals surface area contributed by atoms with Crippen LogP contribution in [0.3, 0.4) is 0 Å². The Hall–Kier alpha value is -2.36. The van der Waals surface area contributed by atoms with Crippen molar-refractivity contribution in [3.05, 3.63) is 58.7 Å². The molecule has 1 unspecified atom stereocenters. The van der Waals surface area contributed by atoms with Crippen LogP contribution in [0.25, 0.3) is 0 Å². The molecule has 0 aromatic rings. The molecule has 27 heavy (non-hydrogen) atoms. The first-order chi connectivity index (χ1) is 12.6. The van der Waals surface area contributed by atoms with Crippen LogP contribution in [0.5, 0.6) is 0 Å². The summed E-state index contributed by atoms with van der Waals surface area (Å²) in [5.74, 6) is -0.543. The van der Waals surface area contributed by atoms with Crippen LogP contribution in [0, 0.1) is 11.3 Å². The lowest BCUT2D eigenvalue weighted by molar-refractivity contribution is -0.146. The fraction of sp³-hybridized carbons (Fsp3) is 0.478. The zero-order valence-corrected chi connectivity index (χ0v) is 17.6. The first-order valence-corrected chi connectivity index (χ1v) is 9.18. The summed E-state index contributed by atoms with van der Waals surface area (Å²) < 4.78 is 9.53. The maximum atomic E-state index is 11.9. The van der Waals surface area contributed by atoms with Crippen molar-refractivity contribution in [2.75, 3.05) is 14.2 Å². The van der Waals surface area contributed by atoms with Crippen molar-refractivity contribution in [2.24, 2.45) is 11.3 Å². The normalized spacial score (nSPS) is 21.1. The molecule has 0 radical (unpaired) electrons. The van der Waals surface area contributed by atoms with Gasteiger partial charge in [0.15, 0.2) is 0 Å². The number of hydrogen-bond acceptors (Lipinski definition) is 4. The zero-order chi connectivity index (χ0) is 20.6. The van der Waals surface area contributed by atoms with Gasteiger partial charge in [0.1, 0.15) is 0 Å². The molecule has 0 amide bonds. The van der Waals surface area contributed by atoms with Crippen LogP contribution in [-0.4, -0.2) is 26.2 Å². The molecule has 1 aliphatic rings. The molecule has 0 spiro atoms. The van der Waals surface area contributed by atoms with E-state index in [0.717, 1.165) is 24.0 Å². The Morgan fingerprint density at radius 2 is 1.74 bits per heavy atom. The topological polar surface area (TPSA) is 52.6 Å². The van der Waals surface area contributed by atoms with Gasteiger partial charge in [-0.25, -0.2) is 4.79 Å². The summed E-state index contributed by atoms with van der Waals surface area (Å²) in [7, 11) is 2.81. The quantitative estimate of drug-likeness (QED) is 0.370. The van der Waals surface area contributed by atoms with E-state index in [9.17, 15) is 9.59 Å². The SMILES string of the molecule is COC(=O)C=C(C)C=CC=C(C)C=CC1=C(C)CC(C(=O)OC)CC1(C)C. The molecule has 0 bridgehead atoms. The molecule has 0 saturated heterocycles. The number of carbonyl (C=O) groups excluding carboxylic acids is 2. The van der Waals surface area contributed by atoms with Crippen molar-refractivity contribution in [1.82, 2.24) is 0 Å². The summed E-state index contributed by atoms with van der Waals surface area (Å²) in [6.07, 6.45) is 13.0. The van der Waals surface area contributed by atoms with E-state index >= 15 is 0 Å². The van der Waals surface area contributed by atoms with Gasteiger partial charge in [-0.1, -0.05) is 55.4 Å². The Bertz CT molecular complexity index is 715. The fourth-order valence-corrected chi connectivity index (χ4v) is 3.47. The Labute approximate surface area is 163 Å². The van der Waals surface area contributed by atoms with E-state index < -0.39 is 0 Å². The highest BCUT2D eigenvalue weighted by Gasteiger charge is 2.36. The lowest BCUT2D eigenvalue weighted by Crippen LogP contribution is -2.30. The van der Waals surface area contributed by atoms with Gasteiger partial charge >= 0.3 is 11.9 Å². The Morgan fingerprint density at radius 3 is 2.30 bits per heavy atom. The molecule has 0 saturated carbocycles. The molecule has 1 rings (SSSR count). The van der Waals surface area contributed by atoms with Gasteiger partial charge in [-0.15, -0.1) is 0 Å². The van der Waals surface area contributed by atoms with Crippen molar-refractivity contribution in [3.8, 4) is 0 Å². The van der Waals surface area contributed by atoms with Crippen LogP contribution >= 0.6 is 0 Å². The molecule has 1 atom stereocenters. The highest BCUT2D eigenvalue weighted by molar-refractivity contribution is 5.83. The molecular weight excluding hydrogens is 340 g/mol. The Kier molecular flexibility index (Phi) is 8.48. The van der Waals surface area contributed by atoms with Crippen molar-refractivity contribution in [3.63, 3.8) is 0 Å². The number of allylic oxidation sites excluding steroid dienone is 9. The largest absolute Gasteiger partial charge is 0.469 e. The monoisotopic (exact) mass is 372 g/mol. The maximum absolute atomic E-state index is 11.9. The van der Waals surface area contributed by atoms with Crippen molar-refractivity contribution < 1.29 is 19.1 Å². The van der Waals surface area contributed by atoms with Gasteiger partial charge in [-0.2, -0.15) is 0 Å². The molecule has 0 heterocycles. The first-order valence-electron chi connectivity index (χ1n) is 9.18. The Morgan fingerprint density at radius 1 is 1.07 bits per heavy atom. The van der Waals surface area contributed by atoms with E-state index in [0.29, 0.717) is 0 Å². The third kappa shape index (κ3) is 7.05. The van der Waals surface area contributed by atoms with Crippen LogP contribution in [0.4, 0.5) is 0 Å². The van der Waals surface area contributed by atoms with Crippen LogP contribution in [0.1, 0.15) is 47.5 Å². The number of hydrogen-bond donors (Lipinski definition) is 0. The van der Waals surface area contributed by atoms with E-state index in [1.807, 2.05) is 32.1 Å². The fourth-order valence-electron chi connectivity index (χ4n) is 3.47. The van der Waals surface area contributed by atoms with E-state index in [2.05, 4.69) is 37.7 Å². The second-order valence-corrected chi connectivity index (χ2v) is 7.72. The molecule has 0 fully saturated rings. The molecule has 0 aliphatic heterocycles. The third-order valence-corrected chi connectivity index (χ3v) is 4.81. The smallest absolute Gasteiger partial charge is 0.330 e. The minimum absolute atomic E-state index is 0.0636. The predicted octanol–water partition coefficient (Wildman–Crippen LogP) is 5.09. The van der Waals surface area contributed by atoms with E-state index in [1.165, 1.54) is 31.4 Å².